The van der Waals surface area contributed by atoms with Crippen LogP contribution < -0.4 is 10.6 Å². The van der Waals surface area contributed by atoms with Crippen molar-refractivity contribution in [2.45, 2.75) is 59.4 Å². The molecule has 0 fully saturated rings. The molecule has 2 N–H and O–H groups in total. The highest BCUT2D eigenvalue weighted by Crippen LogP contribution is 2.11. The molecule has 0 aromatic rings. The van der Waals surface area contributed by atoms with Gasteiger partial charge in [0.05, 0.1) is 6.54 Å². The van der Waals surface area contributed by atoms with Gasteiger partial charge in [0.15, 0.2) is 0 Å². The fourth-order valence-corrected chi connectivity index (χ4v) is 1.88. The Hall–Kier alpha value is -0.570. The van der Waals surface area contributed by atoms with Gasteiger partial charge >= 0.3 is 0 Å². The topological polar surface area (TPSA) is 41.1 Å². The number of carbonyl (C=O) groups is 1. The van der Waals surface area contributed by atoms with Gasteiger partial charge in [-0.15, -0.1) is 0 Å². The number of unbranched alkanes of at least 4 members (excludes halogenated alkanes) is 1. The van der Waals surface area contributed by atoms with Gasteiger partial charge in [-0.3, -0.25) is 4.79 Å². The van der Waals surface area contributed by atoms with E-state index in [1.807, 2.05) is 0 Å². The van der Waals surface area contributed by atoms with Crippen LogP contribution in [0.4, 0.5) is 0 Å². The maximum Gasteiger partial charge on any atom is 0.233 e. The molecule has 0 bridgehead atoms. The van der Waals surface area contributed by atoms with Gasteiger partial charge in [0, 0.05) is 12.6 Å². The van der Waals surface area contributed by atoms with E-state index in [2.05, 4.69) is 38.3 Å². The molecule has 3 nitrogen and oxygen atoms in total. The average molecular weight is 228 g/mol. The molecular weight excluding hydrogens is 200 g/mol. The van der Waals surface area contributed by atoms with Crippen LogP contribution in [0, 0.1) is 5.92 Å². The zero-order chi connectivity index (χ0) is 12.4. The molecule has 0 radical (unpaired) electrons. The molecule has 0 saturated heterocycles. The van der Waals surface area contributed by atoms with Crippen molar-refractivity contribution in [3.8, 4) is 0 Å². The molecule has 0 rings (SSSR count). The van der Waals surface area contributed by atoms with E-state index in [1.54, 1.807) is 0 Å². The lowest BCUT2D eigenvalue weighted by molar-refractivity contribution is -0.120. The minimum absolute atomic E-state index is 0.117. The van der Waals surface area contributed by atoms with Gasteiger partial charge in [0.25, 0.3) is 0 Å². The van der Waals surface area contributed by atoms with Crippen LogP contribution in [-0.2, 0) is 4.79 Å². The summed E-state index contributed by atoms with van der Waals surface area (Å²) >= 11 is 0. The smallest absolute Gasteiger partial charge is 0.233 e. The van der Waals surface area contributed by atoms with Crippen molar-refractivity contribution < 1.29 is 4.79 Å². The minimum atomic E-state index is 0.117. The Balaban J connectivity index is 3.65. The molecule has 0 aromatic heterocycles. The minimum Gasteiger partial charge on any atom is -0.355 e. The number of hydrogen-bond donors (Lipinski definition) is 2. The van der Waals surface area contributed by atoms with E-state index in [-0.39, 0.29) is 5.91 Å². The molecule has 0 aromatic carbocycles. The van der Waals surface area contributed by atoms with Crippen LogP contribution in [0.25, 0.3) is 0 Å². The van der Waals surface area contributed by atoms with Crippen molar-refractivity contribution in [3.05, 3.63) is 0 Å². The Labute approximate surface area is 100 Å². The van der Waals surface area contributed by atoms with E-state index in [9.17, 15) is 4.79 Å². The summed E-state index contributed by atoms with van der Waals surface area (Å²) in [6.07, 6.45) is 4.52. The molecule has 1 amide bonds. The van der Waals surface area contributed by atoms with Gasteiger partial charge in [-0.25, -0.2) is 0 Å². The molecule has 0 spiro atoms. The first kappa shape index (κ1) is 15.4. The number of amides is 1. The van der Waals surface area contributed by atoms with E-state index < -0.39 is 0 Å². The third kappa shape index (κ3) is 6.83. The van der Waals surface area contributed by atoms with Crippen LogP contribution in [0.2, 0.25) is 0 Å². The van der Waals surface area contributed by atoms with Crippen molar-refractivity contribution in [1.82, 2.24) is 10.6 Å². The number of carbonyl (C=O) groups excluding carboxylic acids is 1. The Morgan fingerprint density at radius 3 is 2.31 bits per heavy atom. The second-order valence-electron chi connectivity index (χ2n) is 4.45. The van der Waals surface area contributed by atoms with Crippen LogP contribution in [0.15, 0.2) is 0 Å². The van der Waals surface area contributed by atoms with Crippen LogP contribution >= 0.6 is 0 Å². The van der Waals surface area contributed by atoms with Crippen molar-refractivity contribution in [1.29, 1.82) is 0 Å². The highest BCUT2D eigenvalue weighted by Gasteiger charge is 2.13. The zero-order valence-corrected chi connectivity index (χ0v) is 11.3. The third-order valence-corrected chi connectivity index (χ3v) is 3.19. The predicted molar refractivity (Wildman–Crippen MR) is 69.5 cm³/mol. The molecule has 96 valence electrons. The standard InChI is InChI=1S/C13H28N2O/c1-5-8-9-14-13(16)10-15-11(4)12(6-2)7-3/h11-12,15H,5-10H2,1-4H3,(H,14,16). The number of rotatable bonds is 9. The van der Waals surface area contributed by atoms with Crippen LogP contribution in [0.1, 0.15) is 53.4 Å². The molecule has 1 atom stereocenters. The summed E-state index contributed by atoms with van der Waals surface area (Å²) in [5, 5.41) is 6.21. The van der Waals surface area contributed by atoms with Gasteiger partial charge < -0.3 is 10.6 Å². The van der Waals surface area contributed by atoms with Crippen LogP contribution in [0.3, 0.4) is 0 Å². The lowest BCUT2D eigenvalue weighted by atomic mass is 9.95. The summed E-state index contributed by atoms with van der Waals surface area (Å²) in [4.78, 5) is 11.4. The first-order chi connectivity index (χ1) is 7.65. The summed E-state index contributed by atoms with van der Waals surface area (Å²) in [6, 6.07) is 0.423. The van der Waals surface area contributed by atoms with Crippen molar-refractivity contribution in [2.24, 2.45) is 5.92 Å². The molecule has 3 heteroatoms. The normalized spacial score (nSPS) is 12.8. The van der Waals surface area contributed by atoms with Crippen molar-refractivity contribution in [2.75, 3.05) is 13.1 Å². The molecule has 0 aliphatic carbocycles. The van der Waals surface area contributed by atoms with Gasteiger partial charge in [0.2, 0.25) is 5.91 Å². The average Bonchev–Trinajstić information content (AvgIpc) is 2.28. The second-order valence-corrected chi connectivity index (χ2v) is 4.45. The SMILES string of the molecule is CCCCNC(=O)CNC(C)C(CC)CC. The van der Waals surface area contributed by atoms with Crippen molar-refractivity contribution in [3.63, 3.8) is 0 Å². The van der Waals surface area contributed by atoms with Crippen LogP contribution in [0.5, 0.6) is 0 Å². The summed E-state index contributed by atoms with van der Waals surface area (Å²) in [6.45, 7) is 9.94. The summed E-state index contributed by atoms with van der Waals surface area (Å²) in [5.74, 6) is 0.787. The van der Waals surface area contributed by atoms with E-state index in [0.717, 1.165) is 19.4 Å². The molecule has 0 aliphatic heterocycles. The van der Waals surface area contributed by atoms with Gasteiger partial charge in [-0.1, -0.05) is 40.0 Å². The van der Waals surface area contributed by atoms with E-state index >= 15 is 0 Å². The Kier molecular flexibility index (Phi) is 9.30. The Morgan fingerprint density at radius 1 is 1.19 bits per heavy atom. The van der Waals surface area contributed by atoms with E-state index in [0.29, 0.717) is 18.5 Å². The molecule has 0 aliphatic rings. The zero-order valence-electron chi connectivity index (χ0n) is 11.3. The fraction of sp³-hybridized carbons (Fsp3) is 0.923. The molecular formula is C13H28N2O. The quantitative estimate of drug-likeness (QED) is 0.595. The molecule has 0 saturated carbocycles. The molecule has 1 unspecified atom stereocenters. The fourth-order valence-electron chi connectivity index (χ4n) is 1.88. The van der Waals surface area contributed by atoms with Gasteiger partial charge in [-0.05, 0) is 19.3 Å². The first-order valence-corrected chi connectivity index (χ1v) is 6.65. The summed E-state index contributed by atoms with van der Waals surface area (Å²) < 4.78 is 0. The Bertz CT molecular complexity index is 179. The lowest BCUT2D eigenvalue weighted by Gasteiger charge is -2.22. The lowest BCUT2D eigenvalue weighted by Crippen LogP contribution is -2.41. The number of nitrogens with one attached hydrogen (secondary N) is 2. The van der Waals surface area contributed by atoms with Crippen LogP contribution in [-0.4, -0.2) is 25.0 Å². The van der Waals surface area contributed by atoms with E-state index in [4.69, 9.17) is 0 Å². The second kappa shape index (κ2) is 9.64. The highest BCUT2D eigenvalue weighted by atomic mass is 16.1. The Morgan fingerprint density at radius 2 is 1.81 bits per heavy atom. The monoisotopic (exact) mass is 228 g/mol. The van der Waals surface area contributed by atoms with Gasteiger partial charge in [-0.2, -0.15) is 0 Å². The predicted octanol–water partition coefficient (Wildman–Crippen LogP) is 2.32. The number of hydrogen-bond acceptors (Lipinski definition) is 2. The maximum absolute atomic E-state index is 11.4. The largest absolute Gasteiger partial charge is 0.355 e. The summed E-state index contributed by atoms with van der Waals surface area (Å²) in [5.41, 5.74) is 0. The maximum atomic E-state index is 11.4. The summed E-state index contributed by atoms with van der Waals surface area (Å²) in [7, 11) is 0. The third-order valence-electron chi connectivity index (χ3n) is 3.19. The van der Waals surface area contributed by atoms with E-state index in [1.165, 1.54) is 12.8 Å². The van der Waals surface area contributed by atoms with Gasteiger partial charge in [0.1, 0.15) is 0 Å². The first-order valence-electron chi connectivity index (χ1n) is 6.65. The van der Waals surface area contributed by atoms with Crippen molar-refractivity contribution >= 4 is 5.91 Å². The highest BCUT2D eigenvalue weighted by molar-refractivity contribution is 5.77. The molecule has 0 heterocycles. The molecule has 16 heavy (non-hydrogen) atoms.